The number of thiazole rings is 1. The van der Waals surface area contributed by atoms with Crippen molar-refractivity contribution in [3.05, 3.63) is 80.3 Å². The summed E-state index contributed by atoms with van der Waals surface area (Å²) < 4.78 is 4.76. The van der Waals surface area contributed by atoms with Crippen molar-refractivity contribution in [2.24, 2.45) is 0 Å². The average Bonchev–Trinajstić information content (AvgIpc) is 3.09. The van der Waals surface area contributed by atoms with Crippen LogP contribution in [-0.2, 0) is 22.4 Å². The van der Waals surface area contributed by atoms with Crippen LogP contribution in [0.1, 0.15) is 32.2 Å². The zero-order valence-corrected chi connectivity index (χ0v) is 17.1. The Morgan fingerprint density at radius 1 is 1.21 bits per heavy atom. The molecule has 0 radical (unpaired) electrons. The molecule has 5 nitrogen and oxygen atoms in total. The summed E-state index contributed by atoms with van der Waals surface area (Å²) in [5.41, 5.74) is 3.47. The molecule has 1 amide bonds. The van der Waals surface area contributed by atoms with E-state index in [2.05, 4.69) is 10.3 Å². The number of carbonyl (C=O) groups excluding carboxylic acids is 2. The molecule has 2 aromatic carbocycles. The lowest BCUT2D eigenvalue weighted by Crippen LogP contribution is -2.16. The van der Waals surface area contributed by atoms with E-state index in [-0.39, 0.29) is 12.3 Å². The summed E-state index contributed by atoms with van der Waals surface area (Å²) in [6.45, 7) is 1.77. The van der Waals surface area contributed by atoms with Crippen LogP contribution in [0.4, 0.5) is 5.69 Å². The van der Waals surface area contributed by atoms with E-state index in [1.165, 1.54) is 18.4 Å². The molecule has 1 aromatic heterocycles. The lowest BCUT2D eigenvalue weighted by atomic mass is 10.1. The molecule has 0 aliphatic rings. The zero-order valence-electron chi connectivity index (χ0n) is 15.5. The Labute approximate surface area is 172 Å². The van der Waals surface area contributed by atoms with Crippen LogP contribution in [-0.4, -0.2) is 24.0 Å². The van der Waals surface area contributed by atoms with Crippen molar-refractivity contribution >= 4 is 40.5 Å². The smallest absolute Gasteiger partial charge is 0.338 e. The van der Waals surface area contributed by atoms with Gasteiger partial charge in [-0.05, 0) is 42.3 Å². The van der Waals surface area contributed by atoms with E-state index in [1.54, 1.807) is 25.1 Å². The number of aromatic nitrogens is 1. The first kappa shape index (κ1) is 20.0. The molecular formula is C21H19ClN2O3S. The number of rotatable bonds is 6. The second kappa shape index (κ2) is 8.99. The molecule has 0 aliphatic carbocycles. The van der Waals surface area contributed by atoms with Crippen LogP contribution in [0.15, 0.2) is 47.8 Å². The van der Waals surface area contributed by atoms with E-state index in [1.807, 2.05) is 29.6 Å². The minimum atomic E-state index is -0.432. The van der Waals surface area contributed by atoms with Crippen LogP contribution < -0.4 is 5.32 Å². The third kappa shape index (κ3) is 4.97. The maximum atomic E-state index is 12.4. The van der Waals surface area contributed by atoms with E-state index < -0.39 is 5.97 Å². The van der Waals surface area contributed by atoms with Gasteiger partial charge in [0.05, 0.1) is 29.8 Å². The van der Waals surface area contributed by atoms with Crippen molar-refractivity contribution in [1.82, 2.24) is 4.98 Å². The number of ether oxygens (including phenoxy) is 1. The van der Waals surface area contributed by atoms with E-state index in [0.29, 0.717) is 34.0 Å². The summed E-state index contributed by atoms with van der Waals surface area (Å²) in [6, 6.07) is 12.8. The lowest BCUT2D eigenvalue weighted by Gasteiger charge is -2.11. The number of hydrogen-bond acceptors (Lipinski definition) is 5. The highest BCUT2D eigenvalue weighted by atomic mass is 35.5. The highest BCUT2D eigenvalue weighted by molar-refractivity contribution is 7.09. The minimum absolute atomic E-state index is 0.161. The predicted molar refractivity (Wildman–Crippen MR) is 111 cm³/mol. The number of methoxy groups -OCH3 is 1. The van der Waals surface area contributed by atoms with E-state index in [4.69, 9.17) is 16.3 Å². The van der Waals surface area contributed by atoms with Crippen LogP contribution >= 0.6 is 22.9 Å². The summed E-state index contributed by atoms with van der Waals surface area (Å²) in [4.78, 5) is 28.7. The van der Waals surface area contributed by atoms with Gasteiger partial charge in [-0.3, -0.25) is 4.79 Å². The monoisotopic (exact) mass is 414 g/mol. The molecule has 0 saturated carbocycles. The van der Waals surface area contributed by atoms with Gasteiger partial charge >= 0.3 is 5.97 Å². The highest BCUT2D eigenvalue weighted by Crippen LogP contribution is 2.21. The van der Waals surface area contributed by atoms with Crippen LogP contribution in [0, 0.1) is 6.92 Å². The summed E-state index contributed by atoms with van der Waals surface area (Å²) in [5.74, 6) is -0.622. The quantitative estimate of drug-likeness (QED) is 0.595. The maximum Gasteiger partial charge on any atom is 0.338 e. The number of halogens is 1. The molecule has 3 aromatic rings. The van der Waals surface area contributed by atoms with E-state index in [9.17, 15) is 9.59 Å². The molecule has 1 N–H and O–H groups in total. The molecule has 3 rings (SSSR count). The van der Waals surface area contributed by atoms with E-state index >= 15 is 0 Å². The van der Waals surface area contributed by atoms with Crippen molar-refractivity contribution < 1.29 is 14.3 Å². The first-order valence-electron chi connectivity index (χ1n) is 8.61. The number of nitrogens with zero attached hydrogens (tertiary/aromatic N) is 1. The summed E-state index contributed by atoms with van der Waals surface area (Å²) in [6.07, 6.45) is 0.834. The second-order valence-corrected chi connectivity index (χ2v) is 7.61. The third-order valence-electron chi connectivity index (χ3n) is 4.20. The van der Waals surface area contributed by atoms with Gasteiger partial charge in [0.25, 0.3) is 0 Å². The molecule has 0 bridgehead atoms. The topological polar surface area (TPSA) is 68.3 Å². The zero-order chi connectivity index (χ0) is 20.1. The first-order valence-corrected chi connectivity index (χ1v) is 9.87. The SMILES string of the molecule is COC(=O)c1cccc(NC(=O)Cc2csc(Cc3cccc(Cl)c3)n2)c1C. The number of benzene rings is 2. The Bertz CT molecular complexity index is 1020. The van der Waals surface area contributed by atoms with Gasteiger partial charge < -0.3 is 10.1 Å². The molecule has 0 spiro atoms. The summed E-state index contributed by atoms with van der Waals surface area (Å²) in [5, 5.41) is 6.35. The minimum Gasteiger partial charge on any atom is -0.465 e. The Balaban J connectivity index is 1.65. The van der Waals surface area contributed by atoms with Gasteiger partial charge in [0.2, 0.25) is 5.91 Å². The van der Waals surface area contributed by atoms with Crippen molar-refractivity contribution in [3.8, 4) is 0 Å². The van der Waals surface area contributed by atoms with Gasteiger partial charge in [0, 0.05) is 22.5 Å². The van der Waals surface area contributed by atoms with Gasteiger partial charge in [-0.25, -0.2) is 9.78 Å². The summed E-state index contributed by atoms with van der Waals surface area (Å²) in [7, 11) is 1.33. The molecule has 0 fully saturated rings. The Kier molecular flexibility index (Phi) is 6.44. The van der Waals surface area contributed by atoms with Gasteiger partial charge in [-0.1, -0.05) is 29.8 Å². The standard InChI is InChI=1S/C21H19ClN2O3S/c1-13-17(21(26)27-2)7-4-8-18(13)24-19(25)11-16-12-28-20(23-16)10-14-5-3-6-15(22)9-14/h3-9,12H,10-11H2,1-2H3,(H,24,25). The number of carbonyl (C=O) groups is 2. The van der Waals surface area contributed by atoms with Crippen molar-refractivity contribution in [2.75, 3.05) is 12.4 Å². The average molecular weight is 415 g/mol. The van der Waals surface area contributed by atoms with Gasteiger partial charge in [0.15, 0.2) is 0 Å². The van der Waals surface area contributed by atoms with Crippen molar-refractivity contribution in [2.45, 2.75) is 19.8 Å². The largest absolute Gasteiger partial charge is 0.465 e. The normalized spacial score (nSPS) is 10.5. The first-order chi connectivity index (χ1) is 13.5. The van der Waals surface area contributed by atoms with Crippen LogP contribution in [0.5, 0.6) is 0 Å². The maximum absolute atomic E-state index is 12.4. The Morgan fingerprint density at radius 2 is 2.00 bits per heavy atom. The molecule has 1 heterocycles. The number of nitrogens with one attached hydrogen (secondary N) is 1. The highest BCUT2D eigenvalue weighted by Gasteiger charge is 2.14. The number of hydrogen-bond donors (Lipinski definition) is 1. The molecule has 0 saturated heterocycles. The van der Waals surface area contributed by atoms with Crippen LogP contribution in [0.25, 0.3) is 0 Å². The fraction of sp³-hybridized carbons (Fsp3) is 0.190. The van der Waals surface area contributed by atoms with Crippen molar-refractivity contribution in [3.63, 3.8) is 0 Å². The number of esters is 1. The van der Waals surface area contributed by atoms with Crippen molar-refractivity contribution in [1.29, 1.82) is 0 Å². The molecular weight excluding hydrogens is 396 g/mol. The fourth-order valence-corrected chi connectivity index (χ4v) is 3.83. The van der Waals surface area contributed by atoms with Crippen LogP contribution in [0.2, 0.25) is 5.02 Å². The predicted octanol–water partition coefficient (Wildman–Crippen LogP) is 4.66. The van der Waals surface area contributed by atoms with E-state index in [0.717, 1.165) is 10.6 Å². The van der Waals surface area contributed by atoms with Gasteiger partial charge in [0.1, 0.15) is 0 Å². The Hall–Kier alpha value is -2.70. The molecule has 28 heavy (non-hydrogen) atoms. The third-order valence-corrected chi connectivity index (χ3v) is 5.33. The molecule has 0 atom stereocenters. The lowest BCUT2D eigenvalue weighted by molar-refractivity contribution is -0.115. The molecule has 144 valence electrons. The summed E-state index contributed by atoms with van der Waals surface area (Å²) >= 11 is 7.53. The Morgan fingerprint density at radius 3 is 2.75 bits per heavy atom. The number of anilines is 1. The van der Waals surface area contributed by atoms with Gasteiger partial charge in [-0.15, -0.1) is 11.3 Å². The fourth-order valence-electron chi connectivity index (χ4n) is 2.79. The molecule has 7 heteroatoms. The number of amides is 1. The molecule has 0 unspecified atom stereocenters. The second-order valence-electron chi connectivity index (χ2n) is 6.23. The van der Waals surface area contributed by atoms with Gasteiger partial charge in [-0.2, -0.15) is 0 Å². The molecule has 0 aliphatic heterocycles. The van der Waals surface area contributed by atoms with Crippen LogP contribution in [0.3, 0.4) is 0 Å².